The molecule has 1 aromatic carbocycles. The monoisotopic (exact) mass is 313 g/mol. The van der Waals surface area contributed by atoms with Crippen molar-refractivity contribution in [2.45, 2.75) is 38.7 Å². The number of hydrogen-bond donors (Lipinski definition) is 1. The number of nitrogens with zero attached hydrogens (tertiary/aromatic N) is 2. The number of carbonyl (C=O) groups is 1. The first kappa shape index (κ1) is 15.7. The van der Waals surface area contributed by atoms with Gasteiger partial charge in [0.2, 0.25) is 5.91 Å². The molecule has 1 aromatic heterocycles. The van der Waals surface area contributed by atoms with E-state index >= 15 is 0 Å². The first-order valence-corrected chi connectivity index (χ1v) is 7.96. The Morgan fingerprint density at radius 2 is 2.04 bits per heavy atom. The van der Waals surface area contributed by atoms with Crippen molar-refractivity contribution in [2.24, 2.45) is 0 Å². The van der Waals surface area contributed by atoms with Crippen molar-refractivity contribution < 1.29 is 9.53 Å². The highest BCUT2D eigenvalue weighted by atomic mass is 16.5. The van der Waals surface area contributed by atoms with E-state index in [-0.39, 0.29) is 11.3 Å². The fourth-order valence-electron chi connectivity index (χ4n) is 2.65. The molecule has 1 aliphatic heterocycles. The van der Waals surface area contributed by atoms with Crippen LogP contribution in [-0.4, -0.2) is 34.7 Å². The molecule has 1 aliphatic rings. The summed E-state index contributed by atoms with van der Waals surface area (Å²) in [6.45, 7) is 7.75. The van der Waals surface area contributed by atoms with Crippen molar-refractivity contribution in [3.63, 3.8) is 0 Å². The second-order valence-corrected chi connectivity index (χ2v) is 6.92. The zero-order chi connectivity index (χ0) is 16.4. The second-order valence-electron chi connectivity index (χ2n) is 6.92. The van der Waals surface area contributed by atoms with Crippen LogP contribution >= 0.6 is 0 Å². The minimum absolute atomic E-state index is 0.0552. The van der Waals surface area contributed by atoms with Crippen LogP contribution in [0.15, 0.2) is 36.8 Å². The number of hydrogen-bond acceptors (Lipinski definition) is 3. The van der Waals surface area contributed by atoms with Crippen molar-refractivity contribution in [1.82, 2.24) is 14.9 Å². The molecule has 122 valence electrons. The number of nitrogens with one attached hydrogen (secondary N) is 1. The first-order valence-electron chi connectivity index (χ1n) is 7.96. The Hall–Kier alpha value is -2.14. The average Bonchev–Trinajstić information content (AvgIpc) is 2.97. The average molecular weight is 313 g/mol. The van der Waals surface area contributed by atoms with Crippen LogP contribution in [0.5, 0.6) is 0 Å². The lowest BCUT2D eigenvalue weighted by molar-refractivity contribution is -0.137. The van der Waals surface area contributed by atoms with Crippen molar-refractivity contribution in [3.8, 4) is 5.69 Å². The molecular weight excluding hydrogens is 290 g/mol. The summed E-state index contributed by atoms with van der Waals surface area (Å²) in [6.07, 6.45) is 3.80. The Kier molecular flexibility index (Phi) is 4.22. The third-order valence-corrected chi connectivity index (χ3v) is 4.07. The maximum Gasteiger partial charge on any atom is 0.249 e. The molecule has 2 heterocycles. The molecule has 3 rings (SSSR count). The van der Waals surface area contributed by atoms with Crippen LogP contribution in [0.2, 0.25) is 0 Å². The Morgan fingerprint density at radius 3 is 2.70 bits per heavy atom. The smallest absolute Gasteiger partial charge is 0.249 e. The molecule has 1 amide bonds. The summed E-state index contributed by atoms with van der Waals surface area (Å²) < 4.78 is 7.48. The molecule has 2 aromatic rings. The zero-order valence-electron chi connectivity index (χ0n) is 13.9. The standard InChI is InChI=1S/C18H23N3O2/c1-18(2,3)13-4-6-15(7-5-13)21-11-14(20-12-21)10-16-17(22)19-8-9-23-16/h4-7,11-12,16H,8-10H2,1-3H3,(H,19,22)/t16-/m0/s1. The molecule has 5 heteroatoms. The lowest BCUT2D eigenvalue weighted by Gasteiger charge is -2.21. The predicted octanol–water partition coefficient (Wildman–Crippen LogP) is 2.23. The molecular formula is C18H23N3O2. The van der Waals surface area contributed by atoms with E-state index in [1.165, 1.54) is 5.56 Å². The number of aromatic nitrogens is 2. The van der Waals surface area contributed by atoms with Gasteiger partial charge >= 0.3 is 0 Å². The molecule has 1 N–H and O–H groups in total. The third-order valence-electron chi connectivity index (χ3n) is 4.07. The van der Waals surface area contributed by atoms with E-state index in [9.17, 15) is 4.79 Å². The highest BCUT2D eigenvalue weighted by Gasteiger charge is 2.24. The Morgan fingerprint density at radius 1 is 1.30 bits per heavy atom. The first-order chi connectivity index (χ1) is 10.9. The number of benzene rings is 1. The van der Waals surface area contributed by atoms with E-state index < -0.39 is 6.10 Å². The number of amides is 1. The van der Waals surface area contributed by atoms with Crippen molar-refractivity contribution >= 4 is 5.91 Å². The van der Waals surface area contributed by atoms with Crippen molar-refractivity contribution in [1.29, 1.82) is 0 Å². The largest absolute Gasteiger partial charge is 0.366 e. The van der Waals surface area contributed by atoms with Crippen LogP contribution in [0.3, 0.4) is 0 Å². The fourth-order valence-corrected chi connectivity index (χ4v) is 2.65. The van der Waals surface area contributed by atoms with Gasteiger partial charge in [-0.1, -0.05) is 32.9 Å². The molecule has 1 fully saturated rings. The van der Waals surface area contributed by atoms with Gasteiger partial charge in [-0.15, -0.1) is 0 Å². The lowest BCUT2D eigenvalue weighted by Crippen LogP contribution is -2.45. The molecule has 0 aliphatic carbocycles. The van der Waals surface area contributed by atoms with E-state index in [1.807, 2.05) is 10.8 Å². The number of carbonyl (C=O) groups excluding carboxylic acids is 1. The molecule has 5 nitrogen and oxygen atoms in total. The van der Waals surface area contributed by atoms with E-state index in [4.69, 9.17) is 4.74 Å². The number of rotatable bonds is 3. The number of morpholine rings is 1. The van der Waals surface area contributed by atoms with Gasteiger partial charge < -0.3 is 14.6 Å². The van der Waals surface area contributed by atoms with Crippen LogP contribution in [-0.2, 0) is 21.4 Å². The third kappa shape index (κ3) is 3.62. The lowest BCUT2D eigenvalue weighted by atomic mass is 9.87. The van der Waals surface area contributed by atoms with Gasteiger partial charge in [0, 0.05) is 24.8 Å². The topological polar surface area (TPSA) is 56.1 Å². The van der Waals surface area contributed by atoms with Crippen LogP contribution < -0.4 is 5.32 Å². The highest BCUT2D eigenvalue weighted by molar-refractivity contribution is 5.81. The summed E-state index contributed by atoms with van der Waals surface area (Å²) in [7, 11) is 0. The van der Waals surface area contributed by atoms with E-state index in [1.54, 1.807) is 6.33 Å². The van der Waals surface area contributed by atoms with Gasteiger partial charge in [-0.3, -0.25) is 4.79 Å². The summed E-state index contributed by atoms with van der Waals surface area (Å²) >= 11 is 0. The predicted molar refractivity (Wildman–Crippen MR) is 88.7 cm³/mol. The van der Waals surface area contributed by atoms with Crippen LogP contribution in [0.25, 0.3) is 5.69 Å². The zero-order valence-corrected chi connectivity index (χ0v) is 13.9. The minimum Gasteiger partial charge on any atom is -0.366 e. The van der Waals surface area contributed by atoms with Gasteiger partial charge in [-0.2, -0.15) is 0 Å². The normalized spacial score (nSPS) is 18.7. The molecule has 0 radical (unpaired) electrons. The summed E-state index contributed by atoms with van der Waals surface area (Å²) in [6, 6.07) is 8.48. The SMILES string of the molecule is CC(C)(C)c1ccc(-n2cnc(C[C@@H]3OCCNC3=O)c2)cc1. The van der Waals surface area contributed by atoms with Gasteiger partial charge in [0.1, 0.15) is 6.10 Å². The molecule has 0 spiro atoms. The molecule has 0 unspecified atom stereocenters. The maximum absolute atomic E-state index is 11.7. The van der Waals surface area contributed by atoms with Crippen LogP contribution in [0.4, 0.5) is 0 Å². The molecule has 1 saturated heterocycles. The summed E-state index contributed by atoms with van der Waals surface area (Å²) in [5, 5.41) is 2.81. The Balaban J connectivity index is 1.72. The second kappa shape index (κ2) is 6.16. The summed E-state index contributed by atoms with van der Waals surface area (Å²) in [5.41, 5.74) is 3.36. The number of imidazole rings is 1. The summed E-state index contributed by atoms with van der Waals surface area (Å²) in [5.74, 6) is -0.0552. The van der Waals surface area contributed by atoms with Gasteiger partial charge in [-0.25, -0.2) is 4.98 Å². The van der Waals surface area contributed by atoms with Gasteiger partial charge in [0.05, 0.1) is 18.6 Å². The Labute approximate surface area is 136 Å². The maximum atomic E-state index is 11.7. The quantitative estimate of drug-likeness (QED) is 0.945. The summed E-state index contributed by atoms with van der Waals surface area (Å²) in [4.78, 5) is 16.1. The molecule has 1 atom stereocenters. The van der Waals surface area contributed by atoms with Gasteiger partial charge in [-0.05, 0) is 23.1 Å². The van der Waals surface area contributed by atoms with Crippen molar-refractivity contribution in [3.05, 3.63) is 48.0 Å². The van der Waals surface area contributed by atoms with E-state index in [0.717, 1.165) is 11.4 Å². The Bertz CT molecular complexity index is 683. The number of ether oxygens (including phenoxy) is 1. The van der Waals surface area contributed by atoms with Gasteiger partial charge in [0.25, 0.3) is 0 Å². The van der Waals surface area contributed by atoms with E-state index in [2.05, 4.69) is 55.3 Å². The van der Waals surface area contributed by atoms with E-state index in [0.29, 0.717) is 19.6 Å². The minimum atomic E-state index is -0.435. The fraction of sp³-hybridized carbons (Fsp3) is 0.444. The van der Waals surface area contributed by atoms with Crippen molar-refractivity contribution in [2.75, 3.05) is 13.2 Å². The highest BCUT2D eigenvalue weighted by Crippen LogP contribution is 2.23. The van der Waals surface area contributed by atoms with Crippen LogP contribution in [0, 0.1) is 0 Å². The van der Waals surface area contributed by atoms with Crippen LogP contribution in [0.1, 0.15) is 32.0 Å². The van der Waals surface area contributed by atoms with Gasteiger partial charge in [0.15, 0.2) is 0 Å². The molecule has 23 heavy (non-hydrogen) atoms. The molecule has 0 saturated carbocycles. The molecule has 0 bridgehead atoms.